The Bertz CT molecular complexity index is 171. The third-order valence-corrected chi connectivity index (χ3v) is 2.08. The van der Waals surface area contributed by atoms with Crippen LogP contribution >= 0.6 is 0 Å². The highest BCUT2D eigenvalue weighted by atomic mass is 19.3. The van der Waals surface area contributed by atoms with Crippen LogP contribution in [0.3, 0.4) is 0 Å². The summed E-state index contributed by atoms with van der Waals surface area (Å²) in [5, 5.41) is 2.94. The van der Waals surface area contributed by atoms with Crippen LogP contribution < -0.4 is 5.32 Å². The van der Waals surface area contributed by atoms with Gasteiger partial charge in [0.15, 0.2) is 0 Å². The highest BCUT2D eigenvalue weighted by Gasteiger charge is 2.41. The van der Waals surface area contributed by atoms with Crippen LogP contribution in [0.1, 0.15) is 12.8 Å². The maximum atomic E-state index is 12.4. The molecule has 0 aliphatic carbocycles. The van der Waals surface area contributed by atoms with Crippen LogP contribution in [-0.4, -0.2) is 38.1 Å². The van der Waals surface area contributed by atoms with Crippen LogP contribution in [0.25, 0.3) is 0 Å². The van der Waals surface area contributed by atoms with Gasteiger partial charge in [0.2, 0.25) is 0 Å². The molecule has 0 radical (unpaired) electrons. The van der Waals surface area contributed by atoms with E-state index < -0.39 is 19.0 Å². The fraction of sp³-hybridized carbons (Fsp3) is 1.00. The minimum Gasteiger partial charge on any atom is -0.370 e. The molecule has 14 heavy (non-hydrogen) atoms. The first-order valence-corrected chi connectivity index (χ1v) is 4.50. The van der Waals surface area contributed by atoms with Crippen molar-refractivity contribution in [2.24, 2.45) is 0 Å². The van der Waals surface area contributed by atoms with Crippen molar-refractivity contribution in [1.82, 2.24) is 5.32 Å². The number of hydrogen-bond donors (Lipinski definition) is 1. The molecule has 0 bridgehead atoms. The molecule has 1 N–H and O–H groups in total. The van der Waals surface area contributed by atoms with Crippen LogP contribution in [0.2, 0.25) is 0 Å². The number of rotatable bonds is 4. The van der Waals surface area contributed by atoms with Crippen molar-refractivity contribution in [2.75, 3.05) is 19.7 Å². The molecular weight excluding hydrogens is 202 g/mol. The lowest BCUT2D eigenvalue weighted by atomic mass is 10.1. The molecule has 2 nitrogen and oxygen atoms in total. The third kappa shape index (κ3) is 3.42. The van der Waals surface area contributed by atoms with Crippen molar-refractivity contribution in [2.45, 2.75) is 31.3 Å². The van der Waals surface area contributed by atoms with Gasteiger partial charge in [0.05, 0.1) is 6.10 Å². The normalized spacial score (nSPS) is 24.2. The predicted octanol–water partition coefficient (Wildman–Crippen LogP) is 1.66. The second kappa shape index (κ2) is 4.93. The zero-order valence-corrected chi connectivity index (χ0v) is 7.61. The van der Waals surface area contributed by atoms with Crippen LogP contribution in [0, 0.1) is 0 Å². The molecule has 0 spiro atoms. The van der Waals surface area contributed by atoms with E-state index in [1.807, 2.05) is 0 Å². The second-order valence-corrected chi connectivity index (χ2v) is 3.34. The van der Waals surface area contributed by atoms with E-state index in [0.29, 0.717) is 13.0 Å². The van der Waals surface area contributed by atoms with Crippen molar-refractivity contribution in [1.29, 1.82) is 0 Å². The average Bonchev–Trinajstić information content (AvgIpc) is 2.16. The zero-order chi connectivity index (χ0) is 10.6. The summed E-state index contributed by atoms with van der Waals surface area (Å²) >= 11 is 0. The van der Waals surface area contributed by atoms with Crippen LogP contribution in [-0.2, 0) is 4.74 Å². The van der Waals surface area contributed by atoms with Crippen molar-refractivity contribution in [3.63, 3.8) is 0 Å². The van der Waals surface area contributed by atoms with Gasteiger partial charge in [-0.3, -0.25) is 0 Å². The summed E-state index contributed by atoms with van der Waals surface area (Å²) in [4.78, 5) is 0. The van der Waals surface area contributed by atoms with Gasteiger partial charge in [-0.25, -0.2) is 8.78 Å². The number of nitrogens with one attached hydrogen (secondary N) is 1. The lowest BCUT2D eigenvalue weighted by Crippen LogP contribution is -2.40. The van der Waals surface area contributed by atoms with E-state index in [4.69, 9.17) is 4.74 Å². The molecule has 1 saturated heterocycles. The van der Waals surface area contributed by atoms with Crippen LogP contribution in [0.5, 0.6) is 0 Å². The first-order valence-electron chi connectivity index (χ1n) is 4.50. The van der Waals surface area contributed by atoms with Gasteiger partial charge < -0.3 is 10.1 Å². The summed E-state index contributed by atoms with van der Waals surface area (Å²) in [5.74, 6) is -4.03. The Labute approximate surface area is 79.6 Å². The molecule has 0 aromatic heterocycles. The van der Waals surface area contributed by atoms with Gasteiger partial charge in [0.1, 0.15) is 6.61 Å². The van der Waals surface area contributed by atoms with Crippen molar-refractivity contribution in [3.05, 3.63) is 0 Å². The summed E-state index contributed by atoms with van der Waals surface area (Å²) in [5.41, 5.74) is 0. The number of ether oxygens (including phenoxy) is 1. The number of alkyl halides is 4. The first-order chi connectivity index (χ1) is 6.52. The monoisotopic (exact) mass is 215 g/mol. The molecule has 1 fully saturated rings. The molecule has 1 heterocycles. The predicted molar refractivity (Wildman–Crippen MR) is 42.8 cm³/mol. The van der Waals surface area contributed by atoms with Gasteiger partial charge in [0.25, 0.3) is 0 Å². The minimum atomic E-state index is -4.03. The lowest BCUT2D eigenvalue weighted by molar-refractivity contribution is -0.177. The molecule has 1 atom stereocenters. The van der Waals surface area contributed by atoms with Gasteiger partial charge in [0, 0.05) is 6.54 Å². The van der Waals surface area contributed by atoms with Crippen LogP contribution in [0.4, 0.5) is 17.6 Å². The number of hydrogen-bond acceptors (Lipinski definition) is 2. The van der Waals surface area contributed by atoms with E-state index in [9.17, 15) is 17.6 Å². The molecule has 0 aromatic rings. The van der Waals surface area contributed by atoms with E-state index in [-0.39, 0.29) is 6.10 Å². The largest absolute Gasteiger partial charge is 0.370 e. The fourth-order valence-electron chi connectivity index (χ4n) is 1.25. The van der Waals surface area contributed by atoms with Crippen molar-refractivity contribution in [3.8, 4) is 0 Å². The summed E-state index contributed by atoms with van der Waals surface area (Å²) in [6, 6.07) is 0. The van der Waals surface area contributed by atoms with E-state index in [0.717, 1.165) is 13.0 Å². The average molecular weight is 215 g/mol. The second-order valence-electron chi connectivity index (χ2n) is 3.34. The van der Waals surface area contributed by atoms with Crippen LogP contribution in [0.15, 0.2) is 0 Å². The SMILES string of the molecule is FC(F)C(F)(F)COC1CCCNC1. The Morgan fingerprint density at radius 1 is 1.43 bits per heavy atom. The number of halogens is 4. The quantitative estimate of drug-likeness (QED) is 0.720. The van der Waals surface area contributed by atoms with E-state index in [2.05, 4.69) is 5.32 Å². The Balaban J connectivity index is 2.24. The number of piperidine rings is 1. The Hall–Kier alpha value is -0.360. The third-order valence-electron chi connectivity index (χ3n) is 2.08. The van der Waals surface area contributed by atoms with E-state index in [1.54, 1.807) is 0 Å². The standard InChI is InChI=1S/C8H13F4NO/c9-7(10)8(11,12)5-14-6-2-1-3-13-4-6/h6-7,13H,1-5H2. The fourth-order valence-corrected chi connectivity index (χ4v) is 1.25. The first kappa shape index (κ1) is 11.7. The smallest absolute Gasteiger partial charge is 0.330 e. The van der Waals surface area contributed by atoms with E-state index in [1.165, 1.54) is 0 Å². The summed E-state index contributed by atoms with van der Waals surface area (Å²) < 4.78 is 53.0. The molecule has 1 aliphatic heterocycles. The van der Waals surface area contributed by atoms with Crippen molar-refractivity contribution < 1.29 is 22.3 Å². The Morgan fingerprint density at radius 3 is 2.64 bits per heavy atom. The maximum absolute atomic E-state index is 12.4. The summed E-state index contributed by atoms with van der Waals surface area (Å²) in [6.45, 7) is 0.0848. The van der Waals surface area contributed by atoms with Gasteiger partial charge in [-0.05, 0) is 19.4 Å². The highest BCUT2D eigenvalue weighted by molar-refractivity contribution is 4.73. The summed E-state index contributed by atoms with van der Waals surface area (Å²) in [6.07, 6.45) is -2.55. The molecule has 1 rings (SSSR count). The maximum Gasteiger partial charge on any atom is 0.330 e. The van der Waals surface area contributed by atoms with E-state index >= 15 is 0 Å². The van der Waals surface area contributed by atoms with Gasteiger partial charge in [-0.1, -0.05) is 0 Å². The van der Waals surface area contributed by atoms with Gasteiger partial charge in [-0.2, -0.15) is 8.78 Å². The molecular formula is C8H13F4NO. The van der Waals surface area contributed by atoms with Gasteiger partial charge >= 0.3 is 12.3 Å². The molecule has 6 heteroatoms. The molecule has 84 valence electrons. The molecule has 0 aromatic carbocycles. The highest BCUT2D eigenvalue weighted by Crippen LogP contribution is 2.24. The zero-order valence-electron chi connectivity index (χ0n) is 7.61. The molecule has 0 amide bonds. The molecule has 1 aliphatic rings. The Morgan fingerprint density at radius 2 is 2.14 bits per heavy atom. The van der Waals surface area contributed by atoms with Gasteiger partial charge in [-0.15, -0.1) is 0 Å². The molecule has 0 saturated carbocycles. The summed E-state index contributed by atoms with van der Waals surface area (Å²) in [7, 11) is 0. The Kier molecular flexibility index (Phi) is 4.12. The topological polar surface area (TPSA) is 21.3 Å². The minimum absolute atomic E-state index is 0.367. The molecule has 1 unspecified atom stereocenters. The lowest BCUT2D eigenvalue weighted by Gasteiger charge is -2.25. The van der Waals surface area contributed by atoms with Crippen molar-refractivity contribution >= 4 is 0 Å².